The molecule has 1 aliphatic carbocycles. The van der Waals surface area contributed by atoms with Gasteiger partial charge in [0.25, 0.3) is 11.8 Å². The van der Waals surface area contributed by atoms with Gasteiger partial charge in [-0.15, -0.1) is 0 Å². The predicted octanol–water partition coefficient (Wildman–Crippen LogP) is 7.95. The SMILES string of the molecule is CCn1c(-c2cccnc2[C@H](C)OC)c2c3cc(ccc31)-c1cccc(c1)C[C@H](NC(=O)[C@@H](CC(=O)[C@@H]1CN(C(=O)C#CC(C)(C)N(C)C)C[C@@H]1C)C1CCCC1)C(=O)N1CCC[C@H](N1)C(=O)OCC(C)(C)C2. The van der Waals surface area contributed by atoms with Gasteiger partial charge in [-0.05, 0) is 138 Å². The van der Waals surface area contributed by atoms with Crippen LogP contribution in [0.4, 0.5) is 0 Å². The minimum absolute atomic E-state index is 0.0228. The van der Waals surface area contributed by atoms with E-state index in [0.717, 1.165) is 75.8 Å². The number of carbonyl (C=O) groups excluding carboxylic acids is 5. The van der Waals surface area contributed by atoms with Crippen LogP contribution in [0.15, 0.2) is 60.8 Å². The fraction of sp³-hybridized carbons (Fsp3) is 0.559. The van der Waals surface area contributed by atoms with Gasteiger partial charge in [0.05, 0.1) is 29.6 Å². The highest BCUT2D eigenvalue weighted by molar-refractivity contribution is 5.97. The molecular formula is C59H77N7O7. The molecule has 2 aromatic heterocycles. The van der Waals surface area contributed by atoms with Crippen LogP contribution in [0.25, 0.3) is 33.3 Å². The predicted molar refractivity (Wildman–Crippen MR) is 284 cm³/mol. The summed E-state index contributed by atoms with van der Waals surface area (Å²) in [4.78, 5) is 80.1. The van der Waals surface area contributed by atoms with Crippen molar-refractivity contribution < 1.29 is 33.4 Å². The summed E-state index contributed by atoms with van der Waals surface area (Å²) in [7, 11) is 5.53. The van der Waals surface area contributed by atoms with E-state index in [9.17, 15) is 24.0 Å². The second kappa shape index (κ2) is 22.3. The number of cyclic esters (lactones) is 1. The molecule has 390 valence electrons. The average Bonchev–Trinajstić information content (AvgIpc) is 4.13. The summed E-state index contributed by atoms with van der Waals surface area (Å²) in [5, 5.41) is 5.77. The number of nitrogens with zero attached hydrogens (tertiary/aromatic N) is 5. The zero-order chi connectivity index (χ0) is 52.4. The molecule has 14 nitrogen and oxygen atoms in total. The van der Waals surface area contributed by atoms with Crippen molar-refractivity contribution >= 4 is 40.4 Å². The number of esters is 1. The molecule has 6 bridgehead atoms. The number of Topliss-reactive ketones (excluding diaryl/α,β-unsaturated/α-hetero) is 1. The van der Waals surface area contributed by atoms with Crippen LogP contribution >= 0.6 is 0 Å². The zero-order valence-corrected chi connectivity index (χ0v) is 44.8. The third-order valence-corrected chi connectivity index (χ3v) is 16.3. The maximum atomic E-state index is 14.9. The molecule has 2 N–H and O–H groups in total. The van der Waals surface area contributed by atoms with E-state index < -0.39 is 40.8 Å². The van der Waals surface area contributed by atoms with Crippen LogP contribution in [0.3, 0.4) is 0 Å². The maximum Gasteiger partial charge on any atom is 0.324 e. The third kappa shape index (κ3) is 11.7. The lowest BCUT2D eigenvalue weighted by atomic mass is 9.81. The summed E-state index contributed by atoms with van der Waals surface area (Å²) >= 11 is 0. The second-order valence-electron chi connectivity index (χ2n) is 22.7. The summed E-state index contributed by atoms with van der Waals surface area (Å²) in [5.74, 6) is 3.22. The molecule has 2 aromatic carbocycles. The molecule has 5 heterocycles. The molecule has 2 saturated heterocycles. The number of pyridine rings is 1. The molecule has 3 fully saturated rings. The smallest absolute Gasteiger partial charge is 0.324 e. The fourth-order valence-electron chi connectivity index (χ4n) is 11.4. The number of aromatic nitrogens is 2. The number of benzene rings is 2. The molecule has 4 aromatic rings. The van der Waals surface area contributed by atoms with Crippen LogP contribution in [0, 0.1) is 40.9 Å². The summed E-state index contributed by atoms with van der Waals surface area (Å²) in [6.45, 7) is 16.1. The van der Waals surface area contributed by atoms with E-state index in [0.29, 0.717) is 38.9 Å². The highest BCUT2D eigenvalue weighted by atomic mass is 16.5. The topological polar surface area (TPSA) is 155 Å². The molecule has 3 aliphatic heterocycles. The lowest BCUT2D eigenvalue weighted by Gasteiger charge is -2.36. The van der Waals surface area contributed by atoms with Crippen molar-refractivity contribution in [1.29, 1.82) is 0 Å². The van der Waals surface area contributed by atoms with Gasteiger partial charge in [-0.1, -0.05) is 69.9 Å². The van der Waals surface area contributed by atoms with Crippen molar-refractivity contribution in [2.75, 3.05) is 47.4 Å². The molecule has 8 rings (SSSR count). The quantitative estimate of drug-likeness (QED) is 0.112. The second-order valence-corrected chi connectivity index (χ2v) is 22.7. The summed E-state index contributed by atoms with van der Waals surface area (Å²) in [6, 6.07) is 17.0. The highest BCUT2D eigenvalue weighted by Gasteiger charge is 2.42. The number of fused-ring (bicyclic) bond motifs is 6. The molecule has 14 heteroatoms. The van der Waals surface area contributed by atoms with Gasteiger partial charge < -0.3 is 24.3 Å². The molecule has 4 aliphatic rings. The van der Waals surface area contributed by atoms with Crippen LogP contribution in [-0.2, 0) is 52.8 Å². The van der Waals surface area contributed by atoms with Crippen LogP contribution in [0.2, 0.25) is 0 Å². The fourth-order valence-corrected chi connectivity index (χ4v) is 11.4. The summed E-state index contributed by atoms with van der Waals surface area (Å²) in [5.41, 5.74) is 10.1. The minimum Gasteiger partial charge on any atom is -0.464 e. The monoisotopic (exact) mass is 996 g/mol. The number of methoxy groups -OCH3 is 1. The Morgan fingerprint density at radius 2 is 1.77 bits per heavy atom. The lowest BCUT2D eigenvalue weighted by molar-refractivity contribution is -0.155. The summed E-state index contributed by atoms with van der Waals surface area (Å²) in [6.07, 6.45) is 6.94. The molecule has 1 saturated carbocycles. The number of hydrazine groups is 1. The maximum absolute atomic E-state index is 14.9. The van der Waals surface area contributed by atoms with Crippen molar-refractivity contribution in [3.63, 3.8) is 0 Å². The van der Waals surface area contributed by atoms with E-state index >= 15 is 0 Å². The van der Waals surface area contributed by atoms with Crippen molar-refractivity contribution in [2.24, 2.45) is 29.1 Å². The van der Waals surface area contributed by atoms with Crippen molar-refractivity contribution in [3.05, 3.63) is 77.6 Å². The number of aryl methyl sites for hydroxylation is 1. The van der Waals surface area contributed by atoms with Gasteiger partial charge in [-0.25, -0.2) is 5.43 Å². The molecule has 73 heavy (non-hydrogen) atoms. The first kappa shape index (κ1) is 53.4. The first-order valence-electron chi connectivity index (χ1n) is 26.6. The number of carbonyl (C=O) groups is 5. The number of amides is 3. The Bertz CT molecular complexity index is 2780. The highest BCUT2D eigenvalue weighted by Crippen LogP contribution is 2.42. The third-order valence-electron chi connectivity index (χ3n) is 16.3. The first-order valence-corrected chi connectivity index (χ1v) is 26.6. The largest absolute Gasteiger partial charge is 0.464 e. The average molecular weight is 996 g/mol. The van der Waals surface area contributed by atoms with Crippen LogP contribution in [0.1, 0.15) is 116 Å². The Hall–Kier alpha value is -5.88. The Morgan fingerprint density at radius 1 is 1.01 bits per heavy atom. The molecule has 0 radical (unpaired) electrons. The molecular weight excluding hydrogens is 919 g/mol. The molecule has 0 spiro atoms. The van der Waals surface area contributed by atoms with E-state index in [2.05, 4.69) is 84.3 Å². The van der Waals surface area contributed by atoms with E-state index in [4.69, 9.17) is 14.5 Å². The zero-order valence-electron chi connectivity index (χ0n) is 44.8. The Labute approximate surface area is 432 Å². The number of rotatable bonds is 11. The van der Waals surface area contributed by atoms with Gasteiger partial charge in [-0.2, -0.15) is 0 Å². The van der Waals surface area contributed by atoms with Gasteiger partial charge in [0.15, 0.2) is 0 Å². The summed E-state index contributed by atoms with van der Waals surface area (Å²) < 4.78 is 14.4. The van der Waals surface area contributed by atoms with Crippen LogP contribution in [-0.4, -0.2) is 119 Å². The van der Waals surface area contributed by atoms with Gasteiger partial charge >= 0.3 is 5.97 Å². The van der Waals surface area contributed by atoms with Gasteiger partial charge in [0, 0.05) is 86.0 Å². The number of hydrogen-bond donors (Lipinski definition) is 2. The van der Waals surface area contributed by atoms with Gasteiger partial charge in [0.1, 0.15) is 17.9 Å². The van der Waals surface area contributed by atoms with E-state index in [1.165, 1.54) is 5.01 Å². The molecule has 3 amide bonds. The lowest BCUT2D eigenvalue weighted by Crippen LogP contribution is -2.61. The van der Waals surface area contributed by atoms with Crippen molar-refractivity contribution in [1.82, 2.24) is 35.1 Å². The number of likely N-dealkylation sites (tertiary alicyclic amines) is 1. The first-order chi connectivity index (χ1) is 34.8. The minimum atomic E-state index is -1.01. The van der Waals surface area contributed by atoms with Crippen molar-refractivity contribution in [3.8, 4) is 34.2 Å². The number of nitrogens with one attached hydrogen (secondary N) is 2. The molecule has 0 unspecified atom stereocenters. The van der Waals surface area contributed by atoms with Gasteiger partial charge in [0.2, 0.25) is 5.91 Å². The van der Waals surface area contributed by atoms with E-state index in [1.807, 2.05) is 64.9 Å². The Kier molecular flexibility index (Phi) is 16.3. The van der Waals surface area contributed by atoms with Crippen molar-refractivity contribution in [2.45, 2.75) is 137 Å². The Balaban J connectivity index is 1.13. The van der Waals surface area contributed by atoms with E-state index in [1.54, 1.807) is 18.2 Å². The number of ketones is 1. The van der Waals surface area contributed by atoms with Crippen LogP contribution in [0.5, 0.6) is 0 Å². The number of ether oxygens (including phenoxy) is 2. The normalized spacial score (nSPS) is 22.6. The molecule has 6 atom stereocenters. The van der Waals surface area contributed by atoms with Gasteiger partial charge in [-0.3, -0.25) is 38.9 Å². The van der Waals surface area contributed by atoms with Crippen LogP contribution < -0.4 is 10.7 Å². The van der Waals surface area contributed by atoms with E-state index in [-0.39, 0.29) is 67.4 Å². The number of hydrogen-bond acceptors (Lipinski definition) is 10. The standard InChI is InChI=1S/C59H77N7O7/c1-11-65-50-24-23-42-31-45(50)46(54(65)43-21-15-27-60-53(43)38(3)72-10)33-58(4,5)36-73-57(71)48-22-16-28-66(62-48)56(70)49(30-39-17-14-20-41(42)29-39)61-55(69)44(40-18-12-13-19-40)32-51(67)47-35-64(34-37(47)2)52(68)25-26-59(6,7)63(8)9/h14-15,17,20-21,23-24,27,29,31,37-38,40,44,47-49,62H,11-13,16,18-19,22,28,30,32-36H2,1-10H3,(H,61,69)/t37-,38-,44-,47+,48-,49-/m0/s1. The Morgan fingerprint density at radius 3 is 2.49 bits per heavy atom.